The molecule has 190 valence electrons. The van der Waals surface area contributed by atoms with E-state index in [1.807, 2.05) is 24.3 Å². The van der Waals surface area contributed by atoms with Gasteiger partial charge in [-0.25, -0.2) is 13.4 Å². The SMILES string of the molecule is CC(C)(NS(=O)(=O)c1ccc(-c2c(C#N)c3ccc(C4CC4)cc3n2-c2ccccn2)nc1)C(F)(F)F. The molecule has 0 saturated heterocycles. The number of fused-ring (bicyclic) bond motifs is 1. The van der Waals surface area contributed by atoms with Crippen LogP contribution >= 0.6 is 0 Å². The highest BCUT2D eigenvalue weighted by molar-refractivity contribution is 7.89. The highest BCUT2D eigenvalue weighted by Gasteiger charge is 2.49. The molecule has 11 heteroatoms. The van der Waals surface area contributed by atoms with Gasteiger partial charge in [0.2, 0.25) is 10.0 Å². The van der Waals surface area contributed by atoms with Gasteiger partial charge in [-0.2, -0.15) is 23.2 Å². The first kappa shape index (κ1) is 24.9. The molecule has 0 bridgehead atoms. The van der Waals surface area contributed by atoms with Crippen LogP contribution in [0, 0.1) is 11.3 Å². The lowest BCUT2D eigenvalue weighted by Gasteiger charge is -2.28. The maximum absolute atomic E-state index is 13.3. The van der Waals surface area contributed by atoms with Gasteiger partial charge in [0, 0.05) is 17.8 Å². The number of benzene rings is 1. The van der Waals surface area contributed by atoms with E-state index in [9.17, 15) is 26.9 Å². The molecule has 3 heterocycles. The summed E-state index contributed by atoms with van der Waals surface area (Å²) >= 11 is 0. The zero-order valence-electron chi connectivity index (χ0n) is 19.9. The minimum atomic E-state index is -4.79. The van der Waals surface area contributed by atoms with Gasteiger partial charge in [-0.1, -0.05) is 18.2 Å². The van der Waals surface area contributed by atoms with E-state index in [1.165, 1.54) is 12.1 Å². The van der Waals surface area contributed by atoms with Crippen molar-refractivity contribution in [3.05, 3.63) is 72.1 Å². The lowest BCUT2D eigenvalue weighted by atomic mass is 10.1. The molecule has 1 aliphatic carbocycles. The molecule has 37 heavy (non-hydrogen) atoms. The van der Waals surface area contributed by atoms with E-state index in [-0.39, 0.29) is 5.69 Å². The average molecular weight is 526 g/mol. The molecule has 1 aliphatic rings. The van der Waals surface area contributed by atoms with Crippen molar-refractivity contribution in [2.45, 2.75) is 49.2 Å². The number of nitrogens with one attached hydrogen (secondary N) is 1. The van der Waals surface area contributed by atoms with Crippen LogP contribution in [0.1, 0.15) is 43.7 Å². The molecule has 0 aliphatic heterocycles. The largest absolute Gasteiger partial charge is 0.407 e. The van der Waals surface area contributed by atoms with Crippen LogP contribution in [-0.4, -0.2) is 34.7 Å². The number of hydrogen-bond acceptors (Lipinski definition) is 5. The number of nitrogens with zero attached hydrogens (tertiary/aromatic N) is 4. The maximum Gasteiger partial charge on any atom is 0.407 e. The maximum atomic E-state index is 13.3. The fourth-order valence-corrected chi connectivity index (χ4v) is 5.53. The summed E-state index contributed by atoms with van der Waals surface area (Å²) in [7, 11) is -4.53. The molecule has 1 saturated carbocycles. The van der Waals surface area contributed by atoms with Crippen LogP contribution < -0.4 is 4.72 Å². The quantitative estimate of drug-likeness (QED) is 0.361. The predicted molar refractivity (Wildman–Crippen MR) is 131 cm³/mol. The van der Waals surface area contributed by atoms with E-state index in [4.69, 9.17) is 0 Å². The Morgan fingerprint density at radius 1 is 1.08 bits per heavy atom. The third kappa shape index (κ3) is 4.47. The Morgan fingerprint density at radius 3 is 2.41 bits per heavy atom. The summed E-state index contributed by atoms with van der Waals surface area (Å²) in [6.45, 7) is 1.49. The Bertz CT molecular complexity index is 1630. The van der Waals surface area contributed by atoms with Gasteiger partial charge in [0.1, 0.15) is 22.3 Å². The number of rotatable bonds is 6. The summed E-state index contributed by atoms with van der Waals surface area (Å²) in [4.78, 5) is 8.30. The predicted octanol–water partition coefficient (Wildman–Crippen LogP) is 5.46. The number of halogens is 3. The minimum Gasteiger partial charge on any atom is -0.291 e. The van der Waals surface area contributed by atoms with Crippen molar-refractivity contribution in [1.82, 2.24) is 19.3 Å². The molecule has 1 N–H and O–H groups in total. The standard InChI is InChI=1S/C26H22F3N5O2S/c1-25(2,26(27,28)29)33-37(35,36)18-9-11-21(32-15-18)24-20(14-30)19-10-8-17(16-6-7-16)13-22(19)34(24)23-5-3-4-12-31-23/h3-5,8-13,15-16,33H,6-7H2,1-2H3. The number of sulfonamides is 1. The number of pyridine rings is 2. The second-order valence-electron chi connectivity index (χ2n) is 9.52. The number of aromatic nitrogens is 3. The van der Waals surface area contributed by atoms with Gasteiger partial charge in [-0.15, -0.1) is 0 Å². The molecule has 1 aromatic carbocycles. The van der Waals surface area contributed by atoms with Crippen molar-refractivity contribution in [3.8, 4) is 23.3 Å². The molecule has 7 nitrogen and oxygen atoms in total. The van der Waals surface area contributed by atoms with Crippen molar-refractivity contribution in [1.29, 1.82) is 5.26 Å². The van der Waals surface area contributed by atoms with E-state index in [2.05, 4.69) is 16.0 Å². The average Bonchev–Trinajstić information content (AvgIpc) is 3.64. The monoisotopic (exact) mass is 525 g/mol. The number of nitriles is 1. The van der Waals surface area contributed by atoms with Crippen molar-refractivity contribution in [2.24, 2.45) is 0 Å². The molecule has 0 atom stereocenters. The molecule has 0 radical (unpaired) electrons. The lowest BCUT2D eigenvalue weighted by Crippen LogP contribution is -2.54. The molecule has 3 aromatic heterocycles. The van der Waals surface area contributed by atoms with Crippen LogP contribution in [0.3, 0.4) is 0 Å². The van der Waals surface area contributed by atoms with Crippen LogP contribution in [0.4, 0.5) is 13.2 Å². The first-order valence-corrected chi connectivity index (χ1v) is 13.0. The van der Waals surface area contributed by atoms with Crippen LogP contribution in [0.2, 0.25) is 0 Å². The van der Waals surface area contributed by atoms with Crippen LogP contribution in [0.5, 0.6) is 0 Å². The Morgan fingerprint density at radius 2 is 1.84 bits per heavy atom. The van der Waals surface area contributed by atoms with Gasteiger partial charge >= 0.3 is 6.18 Å². The smallest absolute Gasteiger partial charge is 0.291 e. The molecule has 5 rings (SSSR count). The van der Waals surface area contributed by atoms with Gasteiger partial charge in [0.25, 0.3) is 0 Å². The van der Waals surface area contributed by atoms with Gasteiger partial charge in [0.05, 0.1) is 22.5 Å². The Balaban J connectivity index is 1.65. The Kier molecular flexibility index (Phi) is 5.84. The molecule has 0 amide bonds. The highest BCUT2D eigenvalue weighted by atomic mass is 32.2. The third-order valence-corrected chi connectivity index (χ3v) is 8.06. The molecular formula is C26H22F3N5O2S. The van der Waals surface area contributed by atoms with E-state index in [0.717, 1.165) is 44.0 Å². The summed E-state index contributed by atoms with van der Waals surface area (Å²) < 4.78 is 68.6. The summed E-state index contributed by atoms with van der Waals surface area (Å²) in [5.74, 6) is 1.02. The molecule has 1 fully saturated rings. The molecule has 0 spiro atoms. The van der Waals surface area contributed by atoms with Gasteiger partial charge in [-0.05, 0) is 68.5 Å². The Hall–Kier alpha value is -3.75. The summed E-state index contributed by atoms with van der Waals surface area (Å²) in [5.41, 5.74) is 0.274. The van der Waals surface area contributed by atoms with Gasteiger partial charge < -0.3 is 0 Å². The van der Waals surface area contributed by atoms with Crippen molar-refractivity contribution in [3.63, 3.8) is 0 Å². The third-order valence-electron chi connectivity index (χ3n) is 6.42. The molecule has 0 unspecified atom stereocenters. The number of hydrogen-bond donors (Lipinski definition) is 1. The van der Waals surface area contributed by atoms with E-state index in [0.29, 0.717) is 28.4 Å². The molecular weight excluding hydrogens is 503 g/mol. The topological polar surface area (TPSA) is 101 Å². The minimum absolute atomic E-state index is 0.278. The normalized spacial score (nSPS) is 14.6. The summed E-state index contributed by atoms with van der Waals surface area (Å²) in [6, 6.07) is 16.1. The fraction of sp³-hybridized carbons (Fsp3) is 0.269. The van der Waals surface area contributed by atoms with Crippen LogP contribution in [-0.2, 0) is 10.0 Å². The summed E-state index contributed by atoms with van der Waals surface area (Å²) in [6.07, 6.45) is 0.0210. The van der Waals surface area contributed by atoms with Crippen LogP contribution in [0.15, 0.2) is 65.8 Å². The first-order valence-electron chi connectivity index (χ1n) is 11.5. The fourth-order valence-electron chi connectivity index (χ4n) is 4.19. The lowest BCUT2D eigenvalue weighted by molar-refractivity contribution is -0.180. The second-order valence-corrected chi connectivity index (χ2v) is 11.2. The van der Waals surface area contributed by atoms with Crippen molar-refractivity contribution >= 4 is 20.9 Å². The highest BCUT2D eigenvalue weighted by Crippen LogP contribution is 2.43. The zero-order valence-corrected chi connectivity index (χ0v) is 20.7. The van der Waals surface area contributed by atoms with E-state index < -0.39 is 26.6 Å². The van der Waals surface area contributed by atoms with Crippen LogP contribution in [0.25, 0.3) is 28.1 Å². The van der Waals surface area contributed by atoms with Crippen molar-refractivity contribution < 1.29 is 21.6 Å². The first-order chi connectivity index (χ1) is 17.4. The van der Waals surface area contributed by atoms with Gasteiger partial charge in [0.15, 0.2) is 0 Å². The van der Waals surface area contributed by atoms with E-state index in [1.54, 1.807) is 27.6 Å². The van der Waals surface area contributed by atoms with E-state index >= 15 is 0 Å². The van der Waals surface area contributed by atoms with Gasteiger partial charge in [-0.3, -0.25) is 9.55 Å². The van der Waals surface area contributed by atoms with Crippen molar-refractivity contribution in [2.75, 3.05) is 0 Å². The second kappa shape index (κ2) is 8.68. The summed E-state index contributed by atoms with van der Waals surface area (Å²) in [5, 5.41) is 10.8. The zero-order chi connectivity index (χ0) is 26.6. The molecule has 4 aromatic rings. The number of alkyl halides is 3. The Labute approximate surface area is 211 Å².